The van der Waals surface area contributed by atoms with Gasteiger partial charge in [-0.2, -0.15) is 5.10 Å². The van der Waals surface area contributed by atoms with E-state index in [1.54, 1.807) is 24.3 Å². The molecule has 1 aromatic heterocycles. The number of hydrogen-bond donors (Lipinski definition) is 3. The number of ether oxygens (including phenoxy) is 1. The standard InChI is InChI=1S/C21H28N4O3/c1-2-28-18-10-8-16(9-11-18)21(27)22-14-20(26)23-19-13-17(24-25-19)12-15-6-4-3-5-7-15/h8-11,13,15H,2-7,12,14H2,1H3,(H,22,27)(H2,23,24,25,26). The number of anilines is 1. The fourth-order valence-corrected chi connectivity index (χ4v) is 3.55. The molecule has 0 saturated heterocycles. The fraction of sp³-hybridized carbons (Fsp3) is 0.476. The van der Waals surface area contributed by atoms with Gasteiger partial charge in [-0.1, -0.05) is 32.1 Å². The molecular formula is C21H28N4O3. The minimum atomic E-state index is -0.310. The van der Waals surface area contributed by atoms with E-state index in [9.17, 15) is 9.59 Å². The Morgan fingerprint density at radius 3 is 2.64 bits per heavy atom. The van der Waals surface area contributed by atoms with Gasteiger partial charge in [0, 0.05) is 17.3 Å². The van der Waals surface area contributed by atoms with Gasteiger partial charge in [-0.05, 0) is 43.5 Å². The van der Waals surface area contributed by atoms with E-state index in [-0.39, 0.29) is 18.4 Å². The van der Waals surface area contributed by atoms with Gasteiger partial charge in [0.1, 0.15) is 5.75 Å². The number of aromatic amines is 1. The molecule has 3 rings (SSSR count). The molecule has 7 nitrogen and oxygen atoms in total. The summed E-state index contributed by atoms with van der Waals surface area (Å²) in [7, 11) is 0. The van der Waals surface area contributed by atoms with Crippen LogP contribution in [0.3, 0.4) is 0 Å². The lowest BCUT2D eigenvalue weighted by molar-refractivity contribution is -0.115. The van der Waals surface area contributed by atoms with Gasteiger partial charge in [-0.15, -0.1) is 0 Å². The molecule has 1 aromatic carbocycles. The summed E-state index contributed by atoms with van der Waals surface area (Å²) in [5, 5.41) is 12.5. The molecule has 0 atom stereocenters. The van der Waals surface area contributed by atoms with Gasteiger partial charge in [0.05, 0.1) is 13.2 Å². The van der Waals surface area contributed by atoms with Crippen molar-refractivity contribution in [1.29, 1.82) is 0 Å². The third-order valence-corrected chi connectivity index (χ3v) is 4.97. The highest BCUT2D eigenvalue weighted by Crippen LogP contribution is 2.26. The molecule has 1 heterocycles. The number of hydrogen-bond acceptors (Lipinski definition) is 4. The van der Waals surface area contributed by atoms with Gasteiger partial charge in [-0.25, -0.2) is 0 Å². The topological polar surface area (TPSA) is 96.1 Å². The third kappa shape index (κ3) is 5.84. The summed E-state index contributed by atoms with van der Waals surface area (Å²) in [6.45, 7) is 2.36. The Morgan fingerprint density at radius 2 is 1.93 bits per heavy atom. The van der Waals surface area contributed by atoms with Gasteiger partial charge in [-0.3, -0.25) is 14.7 Å². The van der Waals surface area contributed by atoms with E-state index in [1.165, 1.54) is 32.1 Å². The third-order valence-electron chi connectivity index (χ3n) is 4.97. The minimum absolute atomic E-state index is 0.114. The molecule has 0 bridgehead atoms. The van der Waals surface area contributed by atoms with Crippen LogP contribution in [0, 0.1) is 5.92 Å². The van der Waals surface area contributed by atoms with Crippen LogP contribution in [-0.4, -0.2) is 35.2 Å². The lowest BCUT2D eigenvalue weighted by Gasteiger charge is -2.20. The van der Waals surface area contributed by atoms with E-state index in [1.807, 2.05) is 13.0 Å². The van der Waals surface area contributed by atoms with Gasteiger partial charge < -0.3 is 15.4 Å². The van der Waals surface area contributed by atoms with Crippen molar-refractivity contribution >= 4 is 17.6 Å². The molecule has 2 aromatic rings. The minimum Gasteiger partial charge on any atom is -0.494 e. The molecule has 28 heavy (non-hydrogen) atoms. The van der Waals surface area contributed by atoms with Gasteiger partial charge in [0.2, 0.25) is 5.91 Å². The van der Waals surface area contributed by atoms with Crippen LogP contribution >= 0.6 is 0 Å². The van der Waals surface area contributed by atoms with Crippen LogP contribution in [0.2, 0.25) is 0 Å². The van der Waals surface area contributed by atoms with Crippen molar-refractivity contribution in [2.24, 2.45) is 5.92 Å². The van der Waals surface area contributed by atoms with E-state index in [2.05, 4.69) is 20.8 Å². The summed E-state index contributed by atoms with van der Waals surface area (Å²) in [5.41, 5.74) is 1.52. The molecule has 1 aliphatic rings. The largest absolute Gasteiger partial charge is 0.494 e. The van der Waals surface area contributed by atoms with Crippen molar-refractivity contribution in [3.05, 3.63) is 41.6 Å². The summed E-state index contributed by atoms with van der Waals surface area (Å²) in [5.74, 6) is 1.28. The highest BCUT2D eigenvalue weighted by atomic mass is 16.5. The Hall–Kier alpha value is -2.83. The first-order valence-electron chi connectivity index (χ1n) is 9.99. The summed E-state index contributed by atoms with van der Waals surface area (Å²) >= 11 is 0. The fourth-order valence-electron chi connectivity index (χ4n) is 3.55. The van der Waals surface area contributed by atoms with Gasteiger partial charge >= 0.3 is 0 Å². The molecule has 1 fully saturated rings. The molecule has 3 N–H and O–H groups in total. The van der Waals surface area contributed by atoms with E-state index in [0.717, 1.165) is 12.1 Å². The molecule has 0 unspecified atom stereocenters. The summed E-state index contributed by atoms with van der Waals surface area (Å²) in [4.78, 5) is 24.2. The predicted octanol–water partition coefficient (Wildman–Crippen LogP) is 3.30. The molecular weight excluding hydrogens is 356 g/mol. The number of nitrogens with zero attached hydrogens (tertiary/aromatic N) is 1. The number of nitrogens with one attached hydrogen (secondary N) is 3. The van der Waals surface area contributed by atoms with Crippen LogP contribution in [0.4, 0.5) is 5.82 Å². The molecule has 0 aliphatic heterocycles. The molecule has 1 aliphatic carbocycles. The predicted molar refractivity (Wildman–Crippen MR) is 107 cm³/mol. The number of benzene rings is 1. The van der Waals surface area contributed by atoms with Crippen molar-refractivity contribution in [2.75, 3.05) is 18.5 Å². The Labute approximate surface area is 165 Å². The maximum atomic E-state index is 12.1. The van der Waals surface area contributed by atoms with Crippen LogP contribution < -0.4 is 15.4 Å². The zero-order valence-corrected chi connectivity index (χ0v) is 16.3. The summed E-state index contributed by atoms with van der Waals surface area (Å²) < 4.78 is 5.35. The SMILES string of the molecule is CCOc1ccc(C(=O)NCC(=O)Nc2cc(CC3CCCCC3)[nH]n2)cc1. The van der Waals surface area contributed by atoms with Crippen LogP contribution in [-0.2, 0) is 11.2 Å². The quantitative estimate of drug-likeness (QED) is 0.651. The summed E-state index contributed by atoms with van der Waals surface area (Å²) in [6.07, 6.45) is 7.43. The zero-order valence-electron chi connectivity index (χ0n) is 16.3. The van der Waals surface area contributed by atoms with Crippen LogP contribution in [0.5, 0.6) is 5.75 Å². The Balaban J connectivity index is 1.43. The number of H-pyrrole nitrogens is 1. The second-order valence-corrected chi connectivity index (χ2v) is 7.17. The molecule has 0 spiro atoms. The lowest BCUT2D eigenvalue weighted by atomic mass is 9.86. The highest BCUT2D eigenvalue weighted by Gasteiger charge is 2.16. The second-order valence-electron chi connectivity index (χ2n) is 7.17. The first kappa shape index (κ1) is 19.9. The van der Waals surface area contributed by atoms with E-state index in [4.69, 9.17) is 4.74 Å². The number of aromatic nitrogens is 2. The maximum Gasteiger partial charge on any atom is 0.251 e. The number of carbonyl (C=O) groups is 2. The molecule has 150 valence electrons. The average Bonchev–Trinajstić information content (AvgIpc) is 3.14. The van der Waals surface area contributed by atoms with E-state index < -0.39 is 0 Å². The van der Waals surface area contributed by atoms with Crippen LogP contribution in [0.25, 0.3) is 0 Å². The summed E-state index contributed by atoms with van der Waals surface area (Å²) in [6, 6.07) is 8.68. The van der Waals surface area contributed by atoms with Crippen molar-refractivity contribution < 1.29 is 14.3 Å². The first-order chi connectivity index (χ1) is 13.6. The maximum absolute atomic E-state index is 12.1. The Bertz CT molecular complexity index is 779. The van der Waals surface area contributed by atoms with Gasteiger partial charge in [0.25, 0.3) is 5.91 Å². The molecule has 2 amide bonds. The normalized spacial score (nSPS) is 14.5. The first-order valence-corrected chi connectivity index (χ1v) is 9.99. The molecule has 1 saturated carbocycles. The molecule has 0 radical (unpaired) electrons. The van der Waals surface area contributed by atoms with E-state index in [0.29, 0.717) is 29.7 Å². The monoisotopic (exact) mass is 384 g/mol. The van der Waals surface area contributed by atoms with Gasteiger partial charge in [0.15, 0.2) is 5.82 Å². The van der Waals surface area contributed by atoms with Crippen molar-refractivity contribution in [3.8, 4) is 5.75 Å². The zero-order chi connectivity index (χ0) is 19.8. The number of carbonyl (C=O) groups excluding carboxylic acids is 2. The van der Waals surface area contributed by atoms with Crippen LogP contribution in [0.1, 0.15) is 55.1 Å². The number of amides is 2. The van der Waals surface area contributed by atoms with Crippen molar-refractivity contribution in [3.63, 3.8) is 0 Å². The second kappa shape index (κ2) is 9.92. The van der Waals surface area contributed by atoms with Crippen molar-refractivity contribution in [2.45, 2.75) is 45.4 Å². The lowest BCUT2D eigenvalue weighted by Crippen LogP contribution is -2.32. The smallest absolute Gasteiger partial charge is 0.251 e. The van der Waals surface area contributed by atoms with Crippen molar-refractivity contribution in [1.82, 2.24) is 15.5 Å². The molecule has 7 heteroatoms. The van der Waals surface area contributed by atoms with Crippen LogP contribution in [0.15, 0.2) is 30.3 Å². The number of rotatable bonds is 8. The Morgan fingerprint density at radius 1 is 1.18 bits per heavy atom. The van der Waals surface area contributed by atoms with E-state index >= 15 is 0 Å². The average molecular weight is 384 g/mol. The highest BCUT2D eigenvalue weighted by molar-refractivity contribution is 5.99. The Kier molecular flexibility index (Phi) is 7.06.